The number of aliphatic hydroxyl groups excluding tert-OH is 1. The average Bonchev–Trinajstić information content (AvgIpc) is 2.27. The van der Waals surface area contributed by atoms with E-state index in [0.717, 1.165) is 11.3 Å². The lowest BCUT2D eigenvalue weighted by Crippen LogP contribution is -2.31. The molecule has 0 bridgehead atoms. The second-order valence-corrected chi connectivity index (χ2v) is 3.57. The molecule has 0 saturated carbocycles. The molecule has 0 aliphatic carbocycles. The van der Waals surface area contributed by atoms with E-state index in [4.69, 9.17) is 10.8 Å². The molecule has 1 aromatic carbocycles. The third kappa shape index (κ3) is 2.70. The Labute approximate surface area is 89.3 Å². The average molecular weight is 208 g/mol. The number of primary amides is 1. The Kier molecular flexibility index (Phi) is 3.68. The van der Waals surface area contributed by atoms with Crippen molar-refractivity contribution in [1.29, 1.82) is 0 Å². The Hall–Kier alpha value is -1.55. The van der Waals surface area contributed by atoms with E-state index in [2.05, 4.69) is 0 Å². The number of rotatable bonds is 3. The lowest BCUT2D eigenvalue weighted by molar-refractivity contribution is 0.255. The number of urea groups is 1. The van der Waals surface area contributed by atoms with Crippen LogP contribution >= 0.6 is 0 Å². The van der Waals surface area contributed by atoms with E-state index < -0.39 is 6.03 Å². The summed E-state index contributed by atoms with van der Waals surface area (Å²) >= 11 is 0. The van der Waals surface area contributed by atoms with Crippen LogP contribution in [0, 0.1) is 0 Å². The smallest absolute Gasteiger partial charge is 0.318 e. The fourth-order valence-corrected chi connectivity index (χ4v) is 1.26. The van der Waals surface area contributed by atoms with Gasteiger partial charge in [-0.05, 0) is 17.7 Å². The summed E-state index contributed by atoms with van der Waals surface area (Å²) in [4.78, 5) is 12.3. The van der Waals surface area contributed by atoms with Crippen LogP contribution in [0.25, 0.3) is 0 Å². The van der Waals surface area contributed by atoms with E-state index in [9.17, 15) is 4.79 Å². The zero-order chi connectivity index (χ0) is 11.4. The molecule has 82 valence electrons. The van der Waals surface area contributed by atoms with Crippen LogP contribution in [-0.2, 0) is 0 Å². The quantitative estimate of drug-likeness (QED) is 0.786. The molecule has 0 radical (unpaired) electrons. The molecule has 3 N–H and O–H groups in total. The van der Waals surface area contributed by atoms with Crippen LogP contribution in [0.15, 0.2) is 24.3 Å². The predicted octanol–water partition coefficient (Wildman–Crippen LogP) is 1.30. The maximum atomic E-state index is 10.9. The third-order valence-corrected chi connectivity index (χ3v) is 2.45. The molecule has 0 heterocycles. The van der Waals surface area contributed by atoms with Crippen molar-refractivity contribution in [3.8, 4) is 0 Å². The molecule has 4 heteroatoms. The summed E-state index contributed by atoms with van der Waals surface area (Å²) in [6, 6.07) is 6.90. The molecular formula is C11H16N2O2. The van der Waals surface area contributed by atoms with Gasteiger partial charge in [0.1, 0.15) is 0 Å². The Morgan fingerprint density at radius 2 is 2.00 bits per heavy atom. The third-order valence-electron chi connectivity index (χ3n) is 2.45. The molecule has 1 unspecified atom stereocenters. The van der Waals surface area contributed by atoms with Gasteiger partial charge in [0.25, 0.3) is 0 Å². The van der Waals surface area contributed by atoms with Crippen molar-refractivity contribution in [3.05, 3.63) is 29.8 Å². The van der Waals surface area contributed by atoms with Crippen molar-refractivity contribution in [2.24, 2.45) is 5.73 Å². The molecule has 0 spiro atoms. The minimum absolute atomic E-state index is 0.109. The van der Waals surface area contributed by atoms with Gasteiger partial charge >= 0.3 is 6.03 Å². The van der Waals surface area contributed by atoms with Crippen molar-refractivity contribution in [2.75, 3.05) is 18.6 Å². The number of carbonyl (C=O) groups is 1. The SMILES string of the molecule is CC(CO)c1ccc(N(C)C(N)=O)cc1. The maximum Gasteiger partial charge on any atom is 0.318 e. The second kappa shape index (κ2) is 4.79. The Morgan fingerprint density at radius 3 is 2.40 bits per heavy atom. The van der Waals surface area contributed by atoms with Gasteiger partial charge in [-0.1, -0.05) is 19.1 Å². The van der Waals surface area contributed by atoms with Crippen molar-refractivity contribution >= 4 is 11.7 Å². The number of hydrogen-bond acceptors (Lipinski definition) is 2. The molecule has 0 saturated heterocycles. The fourth-order valence-electron chi connectivity index (χ4n) is 1.26. The molecule has 0 fully saturated rings. The van der Waals surface area contributed by atoms with Crippen LogP contribution in [0.2, 0.25) is 0 Å². The number of nitrogens with two attached hydrogens (primary N) is 1. The van der Waals surface area contributed by atoms with Gasteiger partial charge in [0.05, 0.1) is 0 Å². The van der Waals surface area contributed by atoms with Crippen LogP contribution in [0.5, 0.6) is 0 Å². The van der Waals surface area contributed by atoms with Crippen molar-refractivity contribution in [2.45, 2.75) is 12.8 Å². The summed E-state index contributed by atoms with van der Waals surface area (Å²) in [6.07, 6.45) is 0. The first-order valence-corrected chi connectivity index (χ1v) is 4.80. The van der Waals surface area contributed by atoms with E-state index in [-0.39, 0.29) is 12.5 Å². The first-order chi connectivity index (χ1) is 7.06. The number of anilines is 1. The lowest BCUT2D eigenvalue weighted by atomic mass is 10.0. The first kappa shape index (κ1) is 11.5. The predicted molar refractivity (Wildman–Crippen MR) is 59.9 cm³/mol. The van der Waals surface area contributed by atoms with Crippen LogP contribution < -0.4 is 10.6 Å². The number of benzene rings is 1. The minimum Gasteiger partial charge on any atom is -0.396 e. The van der Waals surface area contributed by atoms with E-state index in [1.54, 1.807) is 7.05 Å². The van der Waals surface area contributed by atoms with Gasteiger partial charge in [-0.3, -0.25) is 4.90 Å². The van der Waals surface area contributed by atoms with Crippen LogP contribution in [0.1, 0.15) is 18.4 Å². The number of hydrogen-bond donors (Lipinski definition) is 2. The van der Waals surface area contributed by atoms with Gasteiger partial charge in [0.15, 0.2) is 0 Å². The second-order valence-electron chi connectivity index (χ2n) is 3.57. The lowest BCUT2D eigenvalue weighted by Gasteiger charge is -2.15. The van der Waals surface area contributed by atoms with E-state index in [1.807, 2.05) is 31.2 Å². The van der Waals surface area contributed by atoms with E-state index >= 15 is 0 Å². The van der Waals surface area contributed by atoms with Crippen molar-refractivity contribution < 1.29 is 9.90 Å². The summed E-state index contributed by atoms with van der Waals surface area (Å²) in [7, 11) is 1.62. The van der Waals surface area contributed by atoms with Gasteiger partial charge in [0, 0.05) is 25.3 Å². The summed E-state index contributed by atoms with van der Waals surface area (Å²) in [5.74, 6) is 0.109. The normalized spacial score (nSPS) is 12.2. The summed E-state index contributed by atoms with van der Waals surface area (Å²) in [5.41, 5.74) is 6.93. The number of carbonyl (C=O) groups excluding carboxylic acids is 1. The monoisotopic (exact) mass is 208 g/mol. The molecule has 0 aromatic heterocycles. The molecule has 1 rings (SSSR count). The fraction of sp³-hybridized carbons (Fsp3) is 0.364. The van der Waals surface area contributed by atoms with Gasteiger partial charge in [-0.15, -0.1) is 0 Å². The molecule has 4 nitrogen and oxygen atoms in total. The number of amides is 2. The van der Waals surface area contributed by atoms with Crippen LogP contribution in [0.3, 0.4) is 0 Å². The first-order valence-electron chi connectivity index (χ1n) is 4.80. The molecule has 1 atom stereocenters. The van der Waals surface area contributed by atoms with Crippen LogP contribution in [-0.4, -0.2) is 24.8 Å². The highest BCUT2D eigenvalue weighted by Gasteiger charge is 2.07. The number of nitrogens with zero attached hydrogens (tertiary/aromatic N) is 1. The highest BCUT2D eigenvalue weighted by molar-refractivity contribution is 5.89. The zero-order valence-corrected chi connectivity index (χ0v) is 8.97. The summed E-state index contributed by atoms with van der Waals surface area (Å²) in [5, 5.41) is 8.97. The molecule has 0 aliphatic rings. The Morgan fingerprint density at radius 1 is 1.47 bits per heavy atom. The molecule has 1 aromatic rings. The molecule has 15 heavy (non-hydrogen) atoms. The van der Waals surface area contributed by atoms with Gasteiger partial charge < -0.3 is 10.8 Å². The zero-order valence-electron chi connectivity index (χ0n) is 8.97. The van der Waals surface area contributed by atoms with E-state index in [0.29, 0.717) is 0 Å². The molecule has 0 aliphatic heterocycles. The standard InChI is InChI=1S/C11H16N2O2/c1-8(7-14)9-3-5-10(6-4-9)13(2)11(12)15/h3-6,8,14H,7H2,1-2H3,(H2,12,15). The summed E-state index contributed by atoms with van der Waals surface area (Å²) in [6.45, 7) is 2.05. The van der Waals surface area contributed by atoms with Crippen LogP contribution in [0.4, 0.5) is 10.5 Å². The highest BCUT2D eigenvalue weighted by atomic mass is 16.3. The highest BCUT2D eigenvalue weighted by Crippen LogP contribution is 2.19. The molecule has 2 amide bonds. The van der Waals surface area contributed by atoms with E-state index in [1.165, 1.54) is 4.90 Å². The Balaban J connectivity index is 2.85. The topological polar surface area (TPSA) is 66.6 Å². The minimum atomic E-state index is -0.488. The largest absolute Gasteiger partial charge is 0.396 e. The van der Waals surface area contributed by atoms with Gasteiger partial charge in [0.2, 0.25) is 0 Å². The number of aliphatic hydroxyl groups is 1. The summed E-state index contributed by atoms with van der Waals surface area (Å²) < 4.78 is 0. The van der Waals surface area contributed by atoms with Crippen molar-refractivity contribution in [3.63, 3.8) is 0 Å². The Bertz CT molecular complexity index is 335. The van der Waals surface area contributed by atoms with Crippen molar-refractivity contribution in [1.82, 2.24) is 0 Å². The van der Waals surface area contributed by atoms with Gasteiger partial charge in [-0.25, -0.2) is 4.79 Å². The molecular weight excluding hydrogens is 192 g/mol. The maximum absolute atomic E-state index is 10.9. The van der Waals surface area contributed by atoms with Gasteiger partial charge in [-0.2, -0.15) is 0 Å².